The molecule has 0 radical (unpaired) electrons. The normalized spacial score (nSPS) is 14.5. The summed E-state index contributed by atoms with van der Waals surface area (Å²) < 4.78 is 0. The van der Waals surface area contributed by atoms with Crippen LogP contribution < -0.4 is 10.2 Å². The third-order valence-electron chi connectivity index (χ3n) is 4.73. The molecule has 3 rings (SSSR count). The molecule has 4 heteroatoms. The van der Waals surface area contributed by atoms with Crippen LogP contribution in [0, 0.1) is 0 Å². The Morgan fingerprint density at radius 2 is 1.56 bits per heavy atom. The third-order valence-corrected chi connectivity index (χ3v) is 4.73. The SMILES string of the molecule is CN(C)c1ccc(CNC(=O)c2ccc(CN3CCCC3)cc2)cc1. The van der Waals surface area contributed by atoms with Crippen LogP contribution in [0.1, 0.15) is 34.3 Å². The molecule has 1 fully saturated rings. The van der Waals surface area contributed by atoms with E-state index in [1.54, 1.807) is 0 Å². The molecular formula is C21H27N3O. The Kier molecular flexibility index (Phi) is 5.71. The largest absolute Gasteiger partial charge is 0.378 e. The van der Waals surface area contributed by atoms with E-state index in [-0.39, 0.29) is 5.91 Å². The monoisotopic (exact) mass is 337 g/mol. The van der Waals surface area contributed by atoms with E-state index in [1.807, 2.05) is 26.2 Å². The Morgan fingerprint density at radius 3 is 2.16 bits per heavy atom. The van der Waals surface area contributed by atoms with E-state index in [0.717, 1.165) is 23.4 Å². The smallest absolute Gasteiger partial charge is 0.251 e. The van der Waals surface area contributed by atoms with Gasteiger partial charge in [-0.15, -0.1) is 0 Å². The molecule has 0 aromatic heterocycles. The number of nitrogens with zero attached hydrogens (tertiary/aromatic N) is 2. The topological polar surface area (TPSA) is 35.6 Å². The van der Waals surface area contributed by atoms with Gasteiger partial charge in [-0.1, -0.05) is 24.3 Å². The highest BCUT2D eigenvalue weighted by atomic mass is 16.1. The lowest BCUT2D eigenvalue weighted by Gasteiger charge is -2.14. The lowest BCUT2D eigenvalue weighted by molar-refractivity contribution is 0.0951. The van der Waals surface area contributed by atoms with E-state index in [4.69, 9.17) is 0 Å². The van der Waals surface area contributed by atoms with Gasteiger partial charge in [0.1, 0.15) is 0 Å². The number of hydrogen-bond donors (Lipinski definition) is 1. The number of amides is 1. The van der Waals surface area contributed by atoms with Crippen LogP contribution in [0.4, 0.5) is 5.69 Å². The Hall–Kier alpha value is -2.33. The van der Waals surface area contributed by atoms with Crippen molar-refractivity contribution in [2.45, 2.75) is 25.9 Å². The standard InChI is InChI=1S/C21H27N3O/c1-23(2)20-11-7-17(8-12-20)15-22-21(25)19-9-5-18(6-10-19)16-24-13-3-4-14-24/h5-12H,3-4,13-16H2,1-2H3,(H,22,25). The minimum Gasteiger partial charge on any atom is -0.378 e. The van der Waals surface area contributed by atoms with E-state index in [1.165, 1.54) is 31.5 Å². The van der Waals surface area contributed by atoms with Gasteiger partial charge in [0.2, 0.25) is 0 Å². The minimum absolute atomic E-state index is 0.0237. The Labute approximate surface area is 150 Å². The van der Waals surface area contributed by atoms with E-state index in [0.29, 0.717) is 6.54 Å². The summed E-state index contributed by atoms with van der Waals surface area (Å²) in [4.78, 5) is 16.8. The van der Waals surface area contributed by atoms with Crippen molar-refractivity contribution in [2.24, 2.45) is 0 Å². The Bertz CT molecular complexity index is 686. The predicted molar refractivity (Wildman–Crippen MR) is 103 cm³/mol. The maximum absolute atomic E-state index is 12.3. The number of anilines is 1. The van der Waals surface area contributed by atoms with Crippen LogP contribution >= 0.6 is 0 Å². The third kappa shape index (κ3) is 4.83. The minimum atomic E-state index is -0.0237. The van der Waals surface area contributed by atoms with E-state index < -0.39 is 0 Å². The van der Waals surface area contributed by atoms with Gasteiger partial charge < -0.3 is 10.2 Å². The van der Waals surface area contributed by atoms with Crippen molar-refractivity contribution >= 4 is 11.6 Å². The summed E-state index contributed by atoms with van der Waals surface area (Å²) in [6.45, 7) is 3.91. The second kappa shape index (κ2) is 8.17. The quantitative estimate of drug-likeness (QED) is 0.879. The number of nitrogens with one attached hydrogen (secondary N) is 1. The summed E-state index contributed by atoms with van der Waals surface area (Å²) in [6.07, 6.45) is 2.60. The fourth-order valence-electron chi connectivity index (χ4n) is 3.16. The lowest BCUT2D eigenvalue weighted by atomic mass is 10.1. The zero-order chi connectivity index (χ0) is 17.6. The van der Waals surface area contributed by atoms with Crippen molar-refractivity contribution < 1.29 is 4.79 Å². The molecule has 4 nitrogen and oxygen atoms in total. The number of hydrogen-bond acceptors (Lipinski definition) is 3. The Balaban J connectivity index is 1.52. The van der Waals surface area contributed by atoms with Gasteiger partial charge in [-0.3, -0.25) is 9.69 Å². The molecule has 132 valence electrons. The summed E-state index contributed by atoms with van der Waals surface area (Å²) in [5.74, 6) is -0.0237. The molecule has 0 saturated carbocycles. The molecule has 0 unspecified atom stereocenters. The van der Waals surface area contributed by atoms with Crippen LogP contribution in [0.15, 0.2) is 48.5 Å². The first-order valence-corrected chi connectivity index (χ1v) is 8.97. The van der Waals surface area contributed by atoms with Crippen LogP contribution in [0.3, 0.4) is 0 Å². The molecule has 0 spiro atoms. The van der Waals surface area contributed by atoms with Crippen molar-refractivity contribution in [3.63, 3.8) is 0 Å². The molecule has 1 aliphatic rings. The first-order valence-electron chi connectivity index (χ1n) is 8.97. The molecule has 1 amide bonds. The van der Waals surface area contributed by atoms with Crippen LogP contribution in [0.2, 0.25) is 0 Å². The Morgan fingerprint density at radius 1 is 0.960 bits per heavy atom. The predicted octanol–water partition coefficient (Wildman–Crippen LogP) is 3.28. The summed E-state index contributed by atoms with van der Waals surface area (Å²) >= 11 is 0. The highest BCUT2D eigenvalue weighted by Gasteiger charge is 2.12. The molecule has 0 atom stereocenters. The highest BCUT2D eigenvalue weighted by molar-refractivity contribution is 5.94. The van der Waals surface area contributed by atoms with E-state index >= 15 is 0 Å². The van der Waals surface area contributed by atoms with Gasteiger partial charge in [-0.2, -0.15) is 0 Å². The fraction of sp³-hybridized carbons (Fsp3) is 0.381. The van der Waals surface area contributed by atoms with Crippen molar-refractivity contribution in [3.8, 4) is 0 Å². The van der Waals surface area contributed by atoms with Crippen LogP contribution in [-0.2, 0) is 13.1 Å². The first kappa shape index (κ1) is 17.5. The zero-order valence-electron chi connectivity index (χ0n) is 15.2. The molecule has 0 bridgehead atoms. The van der Waals surface area contributed by atoms with Crippen molar-refractivity contribution in [1.29, 1.82) is 0 Å². The molecule has 2 aromatic carbocycles. The highest BCUT2D eigenvalue weighted by Crippen LogP contribution is 2.14. The van der Waals surface area contributed by atoms with Gasteiger partial charge in [0.05, 0.1) is 0 Å². The van der Waals surface area contributed by atoms with Gasteiger partial charge in [0.15, 0.2) is 0 Å². The number of carbonyl (C=O) groups is 1. The second-order valence-corrected chi connectivity index (χ2v) is 6.92. The van der Waals surface area contributed by atoms with Gasteiger partial charge >= 0.3 is 0 Å². The summed E-state index contributed by atoms with van der Waals surface area (Å²) in [5, 5.41) is 2.99. The molecule has 1 heterocycles. The fourth-order valence-corrected chi connectivity index (χ4v) is 3.16. The van der Waals surface area contributed by atoms with Crippen molar-refractivity contribution in [3.05, 3.63) is 65.2 Å². The van der Waals surface area contributed by atoms with Crippen LogP contribution in [0.5, 0.6) is 0 Å². The molecule has 2 aromatic rings. The van der Waals surface area contributed by atoms with E-state index in [2.05, 4.69) is 51.5 Å². The summed E-state index contributed by atoms with van der Waals surface area (Å²) in [6, 6.07) is 16.2. The van der Waals surface area contributed by atoms with Crippen LogP contribution in [0.25, 0.3) is 0 Å². The average Bonchev–Trinajstić information content (AvgIpc) is 3.13. The molecular weight excluding hydrogens is 310 g/mol. The number of rotatable bonds is 6. The summed E-state index contributed by atoms with van der Waals surface area (Å²) in [7, 11) is 4.04. The molecule has 1 aliphatic heterocycles. The first-order chi connectivity index (χ1) is 12.1. The maximum Gasteiger partial charge on any atom is 0.251 e. The van der Waals surface area contributed by atoms with Crippen molar-refractivity contribution in [2.75, 3.05) is 32.1 Å². The van der Waals surface area contributed by atoms with Gasteiger partial charge in [0, 0.05) is 38.4 Å². The van der Waals surface area contributed by atoms with Gasteiger partial charge in [-0.05, 0) is 61.3 Å². The summed E-state index contributed by atoms with van der Waals surface area (Å²) in [5.41, 5.74) is 4.25. The van der Waals surface area contributed by atoms with E-state index in [9.17, 15) is 4.79 Å². The number of benzene rings is 2. The second-order valence-electron chi connectivity index (χ2n) is 6.92. The van der Waals surface area contributed by atoms with Crippen molar-refractivity contribution in [1.82, 2.24) is 10.2 Å². The number of carbonyl (C=O) groups excluding carboxylic acids is 1. The molecule has 0 aliphatic carbocycles. The zero-order valence-corrected chi connectivity index (χ0v) is 15.2. The lowest BCUT2D eigenvalue weighted by Crippen LogP contribution is -2.23. The molecule has 25 heavy (non-hydrogen) atoms. The average molecular weight is 337 g/mol. The number of likely N-dealkylation sites (tertiary alicyclic amines) is 1. The maximum atomic E-state index is 12.3. The van der Waals surface area contributed by atoms with Gasteiger partial charge in [0.25, 0.3) is 5.91 Å². The molecule has 1 saturated heterocycles. The molecule has 1 N–H and O–H groups in total. The van der Waals surface area contributed by atoms with Gasteiger partial charge in [-0.25, -0.2) is 0 Å². The van der Waals surface area contributed by atoms with Crippen LogP contribution in [-0.4, -0.2) is 38.0 Å².